The van der Waals surface area contributed by atoms with Crippen molar-refractivity contribution in [2.75, 3.05) is 40.5 Å². The molecule has 0 spiro atoms. The topological polar surface area (TPSA) is 100 Å². The summed E-state index contributed by atoms with van der Waals surface area (Å²) in [7, 11) is 3.24. The SMILES string of the molecule is COCC1CCCN1C1C(CNC(=O)c2ccc(OC)cc2)OC(CO)C1O. The van der Waals surface area contributed by atoms with Gasteiger partial charge in [0.15, 0.2) is 0 Å². The smallest absolute Gasteiger partial charge is 0.251 e. The van der Waals surface area contributed by atoms with Crippen LogP contribution in [0.4, 0.5) is 0 Å². The molecule has 2 heterocycles. The van der Waals surface area contributed by atoms with E-state index in [1.807, 2.05) is 0 Å². The van der Waals surface area contributed by atoms with Gasteiger partial charge < -0.3 is 29.7 Å². The highest BCUT2D eigenvalue weighted by molar-refractivity contribution is 5.94. The first-order valence-corrected chi connectivity index (χ1v) is 9.70. The fourth-order valence-electron chi connectivity index (χ4n) is 4.21. The van der Waals surface area contributed by atoms with Gasteiger partial charge in [-0.2, -0.15) is 0 Å². The molecule has 3 N–H and O–H groups in total. The van der Waals surface area contributed by atoms with Crippen molar-refractivity contribution in [3.05, 3.63) is 29.8 Å². The number of benzene rings is 1. The van der Waals surface area contributed by atoms with Crippen molar-refractivity contribution in [1.82, 2.24) is 10.2 Å². The Morgan fingerprint density at radius 1 is 1.29 bits per heavy atom. The number of nitrogens with one attached hydrogen (secondary N) is 1. The molecular formula is C20H30N2O6. The zero-order valence-corrected chi connectivity index (χ0v) is 16.4. The Balaban J connectivity index is 1.66. The molecule has 5 unspecified atom stereocenters. The Bertz CT molecular complexity index is 640. The molecule has 2 aliphatic rings. The van der Waals surface area contributed by atoms with Gasteiger partial charge in [0.25, 0.3) is 5.91 Å². The molecule has 2 fully saturated rings. The number of aliphatic hydroxyl groups is 2. The van der Waals surface area contributed by atoms with Gasteiger partial charge in [-0.1, -0.05) is 0 Å². The average Bonchev–Trinajstić information content (AvgIpc) is 3.29. The van der Waals surface area contributed by atoms with E-state index in [0.29, 0.717) is 17.9 Å². The molecule has 8 nitrogen and oxygen atoms in total. The zero-order chi connectivity index (χ0) is 20.1. The number of methoxy groups -OCH3 is 2. The molecule has 0 bridgehead atoms. The molecule has 0 radical (unpaired) electrons. The van der Waals surface area contributed by atoms with E-state index < -0.39 is 18.3 Å². The van der Waals surface area contributed by atoms with Crippen LogP contribution in [0.3, 0.4) is 0 Å². The minimum Gasteiger partial charge on any atom is -0.497 e. The second kappa shape index (κ2) is 9.67. The number of carbonyl (C=O) groups excluding carboxylic acids is 1. The van der Waals surface area contributed by atoms with Crippen LogP contribution in [-0.4, -0.2) is 91.9 Å². The number of hydrogen-bond donors (Lipinski definition) is 3. The van der Waals surface area contributed by atoms with Crippen molar-refractivity contribution in [1.29, 1.82) is 0 Å². The summed E-state index contributed by atoms with van der Waals surface area (Å²) < 4.78 is 16.3. The van der Waals surface area contributed by atoms with Gasteiger partial charge >= 0.3 is 0 Å². The molecule has 1 aromatic rings. The number of carbonyl (C=O) groups is 1. The predicted molar refractivity (Wildman–Crippen MR) is 102 cm³/mol. The molecule has 2 aliphatic heterocycles. The molecule has 1 aromatic carbocycles. The maximum absolute atomic E-state index is 12.5. The van der Waals surface area contributed by atoms with E-state index in [9.17, 15) is 15.0 Å². The second-order valence-corrected chi connectivity index (χ2v) is 7.30. The largest absolute Gasteiger partial charge is 0.497 e. The number of rotatable bonds is 8. The molecule has 0 aliphatic carbocycles. The van der Waals surface area contributed by atoms with Gasteiger partial charge in [-0.3, -0.25) is 9.69 Å². The van der Waals surface area contributed by atoms with Crippen LogP contribution in [0.1, 0.15) is 23.2 Å². The summed E-state index contributed by atoms with van der Waals surface area (Å²) in [6, 6.07) is 6.76. The van der Waals surface area contributed by atoms with Crippen molar-refractivity contribution in [2.24, 2.45) is 0 Å². The van der Waals surface area contributed by atoms with E-state index in [1.165, 1.54) is 0 Å². The molecule has 5 atom stereocenters. The third-order valence-electron chi connectivity index (χ3n) is 5.62. The van der Waals surface area contributed by atoms with Crippen LogP contribution < -0.4 is 10.1 Å². The summed E-state index contributed by atoms with van der Waals surface area (Å²) in [6.45, 7) is 1.40. The highest BCUT2D eigenvalue weighted by atomic mass is 16.5. The molecule has 0 aromatic heterocycles. The van der Waals surface area contributed by atoms with Crippen molar-refractivity contribution >= 4 is 5.91 Å². The van der Waals surface area contributed by atoms with Gasteiger partial charge in [0.1, 0.15) is 18.0 Å². The summed E-state index contributed by atoms with van der Waals surface area (Å²) in [5.41, 5.74) is 0.521. The lowest BCUT2D eigenvalue weighted by atomic mass is 10.0. The van der Waals surface area contributed by atoms with E-state index in [4.69, 9.17) is 14.2 Å². The molecule has 8 heteroatoms. The van der Waals surface area contributed by atoms with Gasteiger partial charge in [-0.05, 0) is 43.7 Å². The lowest BCUT2D eigenvalue weighted by Gasteiger charge is -2.34. The number of aliphatic hydroxyl groups excluding tert-OH is 2. The standard InChI is InChI=1S/C20H30N2O6/c1-26-12-14-4-3-9-22(14)18-16(28-17(11-23)19(18)24)10-21-20(25)13-5-7-15(27-2)8-6-13/h5-8,14,16-19,23-24H,3-4,9-12H2,1-2H3,(H,21,25). The van der Waals surface area contributed by atoms with Crippen molar-refractivity contribution in [3.8, 4) is 5.75 Å². The van der Waals surface area contributed by atoms with E-state index in [0.717, 1.165) is 19.4 Å². The van der Waals surface area contributed by atoms with Gasteiger partial charge in [-0.15, -0.1) is 0 Å². The number of likely N-dealkylation sites (tertiary alicyclic amines) is 1. The van der Waals surface area contributed by atoms with Gasteiger partial charge in [-0.25, -0.2) is 0 Å². The quantitative estimate of drug-likeness (QED) is 0.572. The monoisotopic (exact) mass is 394 g/mol. The first kappa shape index (κ1) is 21.0. The summed E-state index contributed by atoms with van der Waals surface area (Å²) in [5.74, 6) is 0.463. The summed E-state index contributed by atoms with van der Waals surface area (Å²) in [6.07, 6.45) is 0.131. The fraction of sp³-hybridized carbons (Fsp3) is 0.650. The Labute approximate surface area is 165 Å². The van der Waals surface area contributed by atoms with Crippen LogP contribution in [0.25, 0.3) is 0 Å². The van der Waals surface area contributed by atoms with Crippen molar-refractivity contribution < 1.29 is 29.2 Å². The molecule has 2 saturated heterocycles. The first-order chi connectivity index (χ1) is 13.6. The highest BCUT2D eigenvalue weighted by Gasteiger charge is 2.48. The number of hydrogen-bond acceptors (Lipinski definition) is 7. The minimum atomic E-state index is -0.814. The summed E-state index contributed by atoms with van der Waals surface area (Å²) in [5, 5.41) is 23.2. The van der Waals surface area contributed by atoms with Gasteiger partial charge in [0.2, 0.25) is 0 Å². The first-order valence-electron chi connectivity index (χ1n) is 9.70. The lowest BCUT2D eigenvalue weighted by molar-refractivity contribution is -0.0209. The Hall–Kier alpha value is -1.71. The average molecular weight is 394 g/mol. The molecule has 1 amide bonds. The van der Waals surface area contributed by atoms with Crippen LogP contribution in [0.2, 0.25) is 0 Å². The van der Waals surface area contributed by atoms with Crippen LogP contribution in [0.5, 0.6) is 5.75 Å². The second-order valence-electron chi connectivity index (χ2n) is 7.30. The Morgan fingerprint density at radius 3 is 2.68 bits per heavy atom. The fourth-order valence-corrected chi connectivity index (χ4v) is 4.21. The number of ether oxygens (including phenoxy) is 3. The third kappa shape index (κ3) is 4.47. The predicted octanol–water partition coefficient (Wildman–Crippen LogP) is 0.0250. The zero-order valence-electron chi connectivity index (χ0n) is 16.4. The van der Waals surface area contributed by atoms with Gasteiger partial charge in [0, 0.05) is 25.3 Å². The van der Waals surface area contributed by atoms with E-state index >= 15 is 0 Å². The number of nitrogens with zero attached hydrogens (tertiary/aromatic N) is 1. The van der Waals surface area contributed by atoms with Crippen LogP contribution in [0.15, 0.2) is 24.3 Å². The molecule has 156 valence electrons. The van der Waals surface area contributed by atoms with Crippen LogP contribution in [0, 0.1) is 0 Å². The van der Waals surface area contributed by atoms with Crippen molar-refractivity contribution in [2.45, 2.75) is 43.2 Å². The number of amides is 1. The molecule has 0 saturated carbocycles. The normalized spacial score (nSPS) is 30.5. The molecular weight excluding hydrogens is 364 g/mol. The highest BCUT2D eigenvalue weighted by Crippen LogP contribution is 2.31. The maximum atomic E-state index is 12.5. The van der Waals surface area contributed by atoms with Gasteiger partial charge in [0.05, 0.1) is 32.5 Å². The lowest BCUT2D eigenvalue weighted by Crippen LogP contribution is -2.53. The van der Waals surface area contributed by atoms with Crippen LogP contribution >= 0.6 is 0 Å². The Kier molecular flexibility index (Phi) is 7.25. The Morgan fingerprint density at radius 2 is 2.04 bits per heavy atom. The third-order valence-corrected chi connectivity index (χ3v) is 5.62. The molecule has 28 heavy (non-hydrogen) atoms. The summed E-state index contributed by atoms with van der Waals surface area (Å²) >= 11 is 0. The van der Waals surface area contributed by atoms with E-state index in [-0.39, 0.29) is 31.1 Å². The minimum absolute atomic E-state index is 0.200. The van der Waals surface area contributed by atoms with E-state index in [1.54, 1.807) is 38.5 Å². The van der Waals surface area contributed by atoms with Crippen LogP contribution in [-0.2, 0) is 9.47 Å². The van der Waals surface area contributed by atoms with E-state index in [2.05, 4.69) is 10.2 Å². The summed E-state index contributed by atoms with van der Waals surface area (Å²) in [4.78, 5) is 14.7. The molecule has 3 rings (SSSR count). The van der Waals surface area contributed by atoms with Crippen molar-refractivity contribution in [3.63, 3.8) is 0 Å². The maximum Gasteiger partial charge on any atom is 0.251 e.